The first-order valence-electron chi connectivity index (χ1n) is 13.3. The van der Waals surface area contributed by atoms with Crippen LogP contribution in [-0.2, 0) is 20.8 Å². The number of carbonyl (C=O) groups is 1. The number of unbranched alkanes of at least 4 members (excludes halogenated alkanes) is 5. The van der Waals surface area contributed by atoms with Gasteiger partial charge in [-0.25, -0.2) is 9.97 Å². The number of nitrogens with zero attached hydrogens (tertiary/aromatic N) is 5. The van der Waals surface area contributed by atoms with Gasteiger partial charge < -0.3 is 18.9 Å². The molecule has 0 unspecified atom stereocenters. The average molecular weight is 540 g/mol. The summed E-state index contributed by atoms with van der Waals surface area (Å²) in [6.45, 7) is 11.4. The fraction of sp³-hybridized carbons (Fsp3) is 0.769. The summed E-state index contributed by atoms with van der Waals surface area (Å²) >= 11 is 7.85. The molecule has 0 amide bonds. The fourth-order valence-electron chi connectivity index (χ4n) is 4.66. The van der Waals surface area contributed by atoms with E-state index in [1.54, 1.807) is 11.8 Å². The summed E-state index contributed by atoms with van der Waals surface area (Å²) in [4.78, 5) is 27.1. The molecular weight excluding hydrogens is 498 g/mol. The maximum atomic E-state index is 11.1. The Bertz CT molecular complexity index is 971. The van der Waals surface area contributed by atoms with Crippen molar-refractivity contribution in [1.82, 2.24) is 24.4 Å². The number of ether oxygens (including phenoxy) is 2. The molecule has 202 valence electrons. The van der Waals surface area contributed by atoms with E-state index in [1.807, 2.05) is 6.92 Å². The molecule has 0 spiro atoms. The van der Waals surface area contributed by atoms with E-state index in [0.29, 0.717) is 23.4 Å². The van der Waals surface area contributed by atoms with Crippen LogP contribution in [0.25, 0.3) is 11.2 Å². The third-order valence-electron chi connectivity index (χ3n) is 6.52. The number of thioether (sulfide) groups is 1. The highest BCUT2D eigenvalue weighted by atomic mass is 35.5. The average Bonchev–Trinajstić information content (AvgIpc) is 3.41. The van der Waals surface area contributed by atoms with Gasteiger partial charge in [0.05, 0.1) is 13.2 Å². The van der Waals surface area contributed by atoms with E-state index >= 15 is 0 Å². The van der Waals surface area contributed by atoms with Crippen LogP contribution < -0.4 is 0 Å². The summed E-state index contributed by atoms with van der Waals surface area (Å²) in [6, 6.07) is 0. The Labute approximate surface area is 224 Å². The largest absolute Gasteiger partial charge is 0.469 e. The van der Waals surface area contributed by atoms with Crippen molar-refractivity contribution < 1.29 is 14.3 Å². The number of aryl methyl sites for hydroxylation is 2. The Morgan fingerprint density at radius 1 is 1.08 bits per heavy atom. The van der Waals surface area contributed by atoms with Crippen LogP contribution in [-0.4, -0.2) is 75.1 Å². The molecule has 8 nitrogen and oxygen atoms in total. The monoisotopic (exact) mass is 539 g/mol. The summed E-state index contributed by atoms with van der Waals surface area (Å²) in [5, 5.41) is 1.60. The molecule has 2 aromatic heterocycles. The lowest BCUT2D eigenvalue weighted by molar-refractivity contribution is -0.140. The topological polar surface area (TPSA) is 82.4 Å². The first-order chi connectivity index (χ1) is 17.4. The quantitative estimate of drug-likeness (QED) is 0.0886. The van der Waals surface area contributed by atoms with Gasteiger partial charge in [-0.3, -0.25) is 4.79 Å². The number of halogens is 1. The van der Waals surface area contributed by atoms with Crippen molar-refractivity contribution in [3.05, 3.63) is 11.1 Å². The van der Waals surface area contributed by atoms with Gasteiger partial charge in [0.15, 0.2) is 5.65 Å². The molecule has 3 rings (SSSR count). The lowest BCUT2D eigenvalue weighted by atomic mass is 10.2. The number of likely N-dealkylation sites (tertiary alicyclic amines) is 1. The lowest BCUT2D eigenvalue weighted by Crippen LogP contribution is -2.24. The van der Waals surface area contributed by atoms with Gasteiger partial charge in [-0.15, -0.1) is 11.8 Å². The highest BCUT2D eigenvalue weighted by Crippen LogP contribution is 2.30. The third kappa shape index (κ3) is 9.15. The lowest BCUT2D eigenvalue weighted by Gasteiger charge is -2.16. The minimum Gasteiger partial charge on any atom is -0.469 e. The van der Waals surface area contributed by atoms with Crippen molar-refractivity contribution in [3.63, 3.8) is 0 Å². The maximum absolute atomic E-state index is 11.1. The minimum atomic E-state index is -0.123. The highest BCUT2D eigenvalue weighted by Gasteiger charge is 2.22. The van der Waals surface area contributed by atoms with Crippen LogP contribution in [0.4, 0.5) is 0 Å². The number of carbonyl (C=O) groups excluding carboxylic acids is 1. The smallest absolute Gasteiger partial charge is 0.305 e. The van der Waals surface area contributed by atoms with Crippen LogP contribution in [0, 0.1) is 6.92 Å². The van der Waals surface area contributed by atoms with Crippen LogP contribution in [0.1, 0.15) is 77.5 Å². The zero-order valence-electron chi connectivity index (χ0n) is 22.3. The number of esters is 1. The Balaban J connectivity index is 1.30. The standard InChI is InChI=1S/C26H42ClN5O3S/c1-19(2)36-25-23-24(29-26(27)30-25)28-20(3)32(23)15-10-6-5-9-14-31-16-13-21(18-31)35-17-11-7-8-12-22(33)34-4/h19,21H,5-18H2,1-4H3/t21-/m1/s1. The predicted molar refractivity (Wildman–Crippen MR) is 146 cm³/mol. The van der Waals surface area contributed by atoms with Crippen molar-refractivity contribution in [2.24, 2.45) is 0 Å². The number of hydrogen-bond acceptors (Lipinski definition) is 8. The van der Waals surface area contributed by atoms with Crippen LogP contribution in [0.2, 0.25) is 5.28 Å². The number of rotatable bonds is 16. The maximum Gasteiger partial charge on any atom is 0.305 e. The number of fused-ring (bicyclic) bond motifs is 1. The van der Waals surface area contributed by atoms with Gasteiger partial charge in [-0.1, -0.05) is 33.1 Å². The van der Waals surface area contributed by atoms with Crippen molar-refractivity contribution in [2.45, 2.75) is 101 Å². The molecule has 0 N–H and O–H groups in total. The molecule has 2 aromatic rings. The zero-order valence-corrected chi connectivity index (χ0v) is 23.9. The molecular formula is C26H42ClN5O3S. The zero-order chi connectivity index (χ0) is 25.9. The Kier molecular flexibility index (Phi) is 12.2. The molecule has 1 aliphatic heterocycles. The highest BCUT2D eigenvalue weighted by molar-refractivity contribution is 8.00. The van der Waals surface area contributed by atoms with Crippen LogP contribution in [0.5, 0.6) is 0 Å². The predicted octanol–water partition coefficient (Wildman–Crippen LogP) is 5.67. The van der Waals surface area contributed by atoms with E-state index in [2.05, 4.69) is 43.0 Å². The first-order valence-corrected chi connectivity index (χ1v) is 14.6. The number of imidazole rings is 1. The molecule has 10 heteroatoms. The fourth-order valence-corrected chi connectivity index (χ4v) is 5.78. The second-order valence-corrected chi connectivity index (χ2v) is 11.7. The van der Waals surface area contributed by atoms with E-state index in [9.17, 15) is 4.79 Å². The summed E-state index contributed by atoms with van der Waals surface area (Å²) in [5.41, 5.74) is 1.71. The first kappa shape index (κ1) is 29.1. The number of aromatic nitrogens is 4. The van der Waals surface area contributed by atoms with Gasteiger partial charge in [-0.05, 0) is 57.2 Å². The summed E-state index contributed by atoms with van der Waals surface area (Å²) < 4.78 is 13.0. The summed E-state index contributed by atoms with van der Waals surface area (Å²) in [7, 11) is 1.44. The normalized spacial score (nSPS) is 16.4. The van der Waals surface area contributed by atoms with E-state index < -0.39 is 0 Å². The SMILES string of the molecule is COC(=O)CCCCCO[C@@H]1CCN(CCCCCCn2c(C)nc3nc(Cl)nc(SC(C)C)c32)C1. The van der Waals surface area contributed by atoms with Crippen molar-refractivity contribution >= 4 is 40.5 Å². The number of hydrogen-bond donors (Lipinski definition) is 0. The van der Waals surface area contributed by atoms with Crippen LogP contribution in [0.15, 0.2) is 5.03 Å². The Morgan fingerprint density at radius 3 is 2.58 bits per heavy atom. The molecule has 0 radical (unpaired) electrons. The van der Waals surface area contributed by atoms with Crippen molar-refractivity contribution in [2.75, 3.05) is 33.4 Å². The molecule has 0 saturated carbocycles. The molecule has 1 fully saturated rings. The molecule has 0 bridgehead atoms. The van der Waals surface area contributed by atoms with Gasteiger partial charge in [0.25, 0.3) is 0 Å². The second kappa shape index (κ2) is 15.1. The van der Waals surface area contributed by atoms with Crippen molar-refractivity contribution in [1.29, 1.82) is 0 Å². The van der Waals surface area contributed by atoms with E-state index in [4.69, 9.17) is 16.3 Å². The Hall–Kier alpha value is -1.42. The van der Waals surface area contributed by atoms with Gasteiger partial charge in [-0.2, -0.15) is 4.98 Å². The van der Waals surface area contributed by atoms with Gasteiger partial charge in [0, 0.05) is 37.9 Å². The number of methoxy groups -OCH3 is 1. The molecule has 3 heterocycles. The molecule has 1 saturated heterocycles. The van der Waals surface area contributed by atoms with Crippen LogP contribution in [0.3, 0.4) is 0 Å². The summed E-state index contributed by atoms with van der Waals surface area (Å²) in [5.74, 6) is 0.848. The van der Waals surface area contributed by atoms with E-state index in [0.717, 1.165) is 81.3 Å². The van der Waals surface area contributed by atoms with E-state index in [1.165, 1.54) is 26.4 Å². The van der Waals surface area contributed by atoms with Gasteiger partial charge in [0.1, 0.15) is 16.4 Å². The van der Waals surface area contributed by atoms with Crippen molar-refractivity contribution in [3.8, 4) is 0 Å². The Morgan fingerprint density at radius 2 is 1.83 bits per heavy atom. The summed E-state index contributed by atoms with van der Waals surface area (Å²) in [6.07, 6.45) is 9.64. The minimum absolute atomic E-state index is 0.123. The van der Waals surface area contributed by atoms with E-state index in [-0.39, 0.29) is 11.3 Å². The molecule has 36 heavy (non-hydrogen) atoms. The van der Waals surface area contributed by atoms with Crippen LogP contribution >= 0.6 is 23.4 Å². The molecule has 1 atom stereocenters. The molecule has 1 aliphatic rings. The molecule has 0 aliphatic carbocycles. The second-order valence-electron chi connectivity index (χ2n) is 9.83. The van der Waals surface area contributed by atoms with Gasteiger partial charge >= 0.3 is 5.97 Å². The van der Waals surface area contributed by atoms with Gasteiger partial charge in [0.2, 0.25) is 5.28 Å². The third-order valence-corrected chi connectivity index (χ3v) is 7.67. The molecule has 0 aromatic carbocycles.